The van der Waals surface area contributed by atoms with Crippen LogP contribution in [0.5, 0.6) is 5.75 Å². The number of methoxy groups -OCH3 is 1. The van der Waals surface area contributed by atoms with E-state index in [1.165, 1.54) is 36.6 Å². The molecule has 1 fully saturated rings. The molecule has 0 spiro atoms. The number of pyridine rings is 1. The highest BCUT2D eigenvalue weighted by Gasteiger charge is 2.35. The molecule has 0 unspecified atom stereocenters. The molecule has 19 heavy (non-hydrogen) atoms. The molecule has 0 saturated heterocycles. The fourth-order valence-electron chi connectivity index (χ4n) is 3.41. The van der Waals surface area contributed by atoms with Crippen molar-refractivity contribution in [3.8, 4) is 5.75 Å². The van der Waals surface area contributed by atoms with Crippen LogP contribution < -0.4 is 10.5 Å². The summed E-state index contributed by atoms with van der Waals surface area (Å²) in [5, 5.41) is 1.19. The summed E-state index contributed by atoms with van der Waals surface area (Å²) in [4.78, 5) is 4.48. The molecular formula is C16H20N2O. The molecule has 0 bridgehead atoms. The Bertz CT molecular complexity index is 588. The second kappa shape index (κ2) is 4.82. The van der Waals surface area contributed by atoms with Crippen LogP contribution in [0.4, 0.5) is 0 Å². The molecule has 0 radical (unpaired) electrons. The first-order chi connectivity index (χ1) is 9.30. The van der Waals surface area contributed by atoms with Gasteiger partial charge in [-0.2, -0.15) is 0 Å². The average Bonchev–Trinajstić information content (AvgIpc) is 2.96. The van der Waals surface area contributed by atoms with Crippen molar-refractivity contribution in [2.24, 2.45) is 5.73 Å². The molecule has 100 valence electrons. The van der Waals surface area contributed by atoms with Crippen LogP contribution in [-0.4, -0.2) is 18.6 Å². The maximum atomic E-state index is 6.11. The fourth-order valence-corrected chi connectivity index (χ4v) is 3.41. The molecule has 2 aromatic rings. The topological polar surface area (TPSA) is 48.1 Å². The minimum absolute atomic E-state index is 0.132. The van der Waals surface area contributed by atoms with Gasteiger partial charge < -0.3 is 10.5 Å². The Balaban J connectivity index is 2.24. The Labute approximate surface area is 113 Å². The molecule has 1 aliphatic carbocycles. The van der Waals surface area contributed by atoms with E-state index in [1.54, 1.807) is 7.11 Å². The van der Waals surface area contributed by atoms with Crippen LogP contribution in [0.1, 0.15) is 31.2 Å². The van der Waals surface area contributed by atoms with Crippen LogP contribution in [0.15, 0.2) is 30.5 Å². The highest BCUT2D eigenvalue weighted by molar-refractivity contribution is 5.88. The maximum absolute atomic E-state index is 6.11. The number of rotatable bonds is 3. The van der Waals surface area contributed by atoms with Gasteiger partial charge in [-0.05, 0) is 30.5 Å². The summed E-state index contributed by atoms with van der Waals surface area (Å²) in [5.41, 5.74) is 8.53. The Morgan fingerprint density at radius 3 is 2.74 bits per heavy atom. The van der Waals surface area contributed by atoms with Crippen molar-refractivity contribution in [3.05, 3.63) is 36.0 Å². The van der Waals surface area contributed by atoms with Crippen LogP contribution in [0, 0.1) is 0 Å². The zero-order chi connectivity index (χ0) is 13.3. The van der Waals surface area contributed by atoms with E-state index in [9.17, 15) is 0 Å². The predicted octanol–water partition coefficient (Wildman–Crippen LogP) is 3.01. The number of hydrogen-bond donors (Lipinski definition) is 1. The van der Waals surface area contributed by atoms with Gasteiger partial charge in [0.2, 0.25) is 0 Å². The SMILES string of the molecule is COc1ccc(C2(CN)CCCC2)c2cccnc12. The van der Waals surface area contributed by atoms with Gasteiger partial charge in [0.25, 0.3) is 0 Å². The summed E-state index contributed by atoms with van der Waals surface area (Å²) in [7, 11) is 1.69. The van der Waals surface area contributed by atoms with Crippen molar-refractivity contribution in [1.82, 2.24) is 4.98 Å². The maximum Gasteiger partial charge on any atom is 0.145 e. The molecule has 0 aliphatic heterocycles. The smallest absolute Gasteiger partial charge is 0.145 e. The minimum atomic E-state index is 0.132. The number of ether oxygens (including phenoxy) is 1. The van der Waals surface area contributed by atoms with Crippen molar-refractivity contribution in [2.45, 2.75) is 31.1 Å². The third-order valence-electron chi connectivity index (χ3n) is 4.48. The molecule has 1 saturated carbocycles. The van der Waals surface area contributed by atoms with Gasteiger partial charge in [0.1, 0.15) is 11.3 Å². The average molecular weight is 256 g/mol. The van der Waals surface area contributed by atoms with Gasteiger partial charge in [0.05, 0.1) is 7.11 Å². The van der Waals surface area contributed by atoms with Gasteiger partial charge in [-0.25, -0.2) is 0 Å². The quantitative estimate of drug-likeness (QED) is 0.918. The lowest BCUT2D eigenvalue weighted by Gasteiger charge is -2.29. The van der Waals surface area contributed by atoms with E-state index in [-0.39, 0.29) is 5.41 Å². The second-order valence-electron chi connectivity index (χ2n) is 5.41. The van der Waals surface area contributed by atoms with E-state index in [0.29, 0.717) is 6.54 Å². The summed E-state index contributed by atoms with van der Waals surface area (Å²) in [5.74, 6) is 0.838. The van der Waals surface area contributed by atoms with E-state index < -0.39 is 0 Å². The van der Waals surface area contributed by atoms with Gasteiger partial charge in [-0.1, -0.05) is 25.0 Å². The van der Waals surface area contributed by atoms with E-state index in [1.807, 2.05) is 18.3 Å². The largest absolute Gasteiger partial charge is 0.494 e. The van der Waals surface area contributed by atoms with Crippen molar-refractivity contribution in [1.29, 1.82) is 0 Å². The summed E-state index contributed by atoms with van der Waals surface area (Å²) < 4.78 is 5.42. The molecule has 2 N–H and O–H groups in total. The molecule has 1 aromatic carbocycles. The Kier molecular flexibility index (Phi) is 3.15. The van der Waals surface area contributed by atoms with E-state index in [4.69, 9.17) is 10.5 Å². The molecule has 3 nitrogen and oxygen atoms in total. The fraction of sp³-hybridized carbons (Fsp3) is 0.438. The first-order valence-electron chi connectivity index (χ1n) is 6.93. The highest BCUT2D eigenvalue weighted by Crippen LogP contribution is 2.44. The number of nitrogens with two attached hydrogens (primary N) is 1. The molecule has 0 amide bonds. The second-order valence-corrected chi connectivity index (χ2v) is 5.41. The van der Waals surface area contributed by atoms with Gasteiger partial charge in [0, 0.05) is 23.5 Å². The number of fused-ring (bicyclic) bond motifs is 1. The van der Waals surface area contributed by atoms with Crippen molar-refractivity contribution in [3.63, 3.8) is 0 Å². The summed E-state index contributed by atoms with van der Waals surface area (Å²) >= 11 is 0. The molecule has 0 atom stereocenters. The summed E-state index contributed by atoms with van der Waals surface area (Å²) in [6, 6.07) is 8.34. The zero-order valence-electron chi connectivity index (χ0n) is 11.4. The van der Waals surface area contributed by atoms with E-state index in [2.05, 4.69) is 17.1 Å². The lowest BCUT2D eigenvalue weighted by atomic mass is 9.77. The lowest BCUT2D eigenvalue weighted by molar-refractivity contribution is 0.417. The number of benzene rings is 1. The van der Waals surface area contributed by atoms with Crippen LogP contribution in [0.2, 0.25) is 0 Å². The first-order valence-corrected chi connectivity index (χ1v) is 6.93. The number of aromatic nitrogens is 1. The van der Waals surface area contributed by atoms with Crippen LogP contribution in [0.3, 0.4) is 0 Å². The summed E-state index contributed by atoms with van der Waals surface area (Å²) in [6.07, 6.45) is 6.72. The van der Waals surface area contributed by atoms with Crippen LogP contribution >= 0.6 is 0 Å². The molecule has 3 rings (SSSR count). The monoisotopic (exact) mass is 256 g/mol. The molecule has 1 aromatic heterocycles. The third-order valence-corrected chi connectivity index (χ3v) is 4.48. The lowest BCUT2D eigenvalue weighted by Crippen LogP contribution is -2.32. The first kappa shape index (κ1) is 12.4. The van der Waals surface area contributed by atoms with E-state index >= 15 is 0 Å². The molecule has 1 heterocycles. The molecule has 3 heteroatoms. The van der Waals surface area contributed by atoms with Gasteiger partial charge in [0.15, 0.2) is 0 Å². The molecular weight excluding hydrogens is 236 g/mol. The van der Waals surface area contributed by atoms with Crippen molar-refractivity contribution in [2.75, 3.05) is 13.7 Å². The highest BCUT2D eigenvalue weighted by atomic mass is 16.5. The Morgan fingerprint density at radius 1 is 1.26 bits per heavy atom. The zero-order valence-corrected chi connectivity index (χ0v) is 11.4. The van der Waals surface area contributed by atoms with Gasteiger partial charge >= 0.3 is 0 Å². The van der Waals surface area contributed by atoms with Crippen molar-refractivity contribution >= 4 is 10.9 Å². The number of hydrogen-bond acceptors (Lipinski definition) is 3. The standard InChI is InChI=1S/C16H20N2O/c1-19-14-7-6-13(12-5-4-10-18-15(12)14)16(11-17)8-2-3-9-16/h4-7,10H,2-3,8-9,11,17H2,1H3. The van der Waals surface area contributed by atoms with Gasteiger partial charge in [-0.3, -0.25) is 4.98 Å². The minimum Gasteiger partial charge on any atom is -0.494 e. The Hall–Kier alpha value is -1.61. The predicted molar refractivity (Wildman–Crippen MR) is 77.5 cm³/mol. The normalized spacial score (nSPS) is 17.8. The van der Waals surface area contributed by atoms with Gasteiger partial charge in [-0.15, -0.1) is 0 Å². The molecule has 1 aliphatic rings. The summed E-state index contributed by atoms with van der Waals surface area (Å²) in [6.45, 7) is 0.712. The van der Waals surface area contributed by atoms with Crippen LogP contribution in [0.25, 0.3) is 10.9 Å². The number of nitrogens with zero attached hydrogens (tertiary/aromatic N) is 1. The van der Waals surface area contributed by atoms with Crippen LogP contribution in [-0.2, 0) is 5.41 Å². The Morgan fingerprint density at radius 2 is 2.05 bits per heavy atom. The van der Waals surface area contributed by atoms with E-state index in [0.717, 1.165) is 11.3 Å². The third kappa shape index (κ3) is 1.89. The van der Waals surface area contributed by atoms with Crippen molar-refractivity contribution < 1.29 is 4.74 Å².